The van der Waals surface area contributed by atoms with Gasteiger partial charge in [-0.2, -0.15) is 0 Å². The van der Waals surface area contributed by atoms with Gasteiger partial charge in [-0.25, -0.2) is 4.79 Å². The second-order valence-electron chi connectivity index (χ2n) is 7.63. The third-order valence-electron chi connectivity index (χ3n) is 5.52. The topological polar surface area (TPSA) is 83.1 Å². The van der Waals surface area contributed by atoms with Gasteiger partial charge >= 0.3 is 6.03 Å². The highest BCUT2D eigenvalue weighted by atomic mass is 16.5. The number of anilines is 1. The molecule has 0 spiro atoms. The van der Waals surface area contributed by atoms with Crippen LogP contribution in [-0.4, -0.2) is 69.3 Å². The van der Waals surface area contributed by atoms with Crippen molar-refractivity contribution in [2.24, 2.45) is 0 Å². The Morgan fingerprint density at radius 3 is 2.57 bits per heavy atom. The summed E-state index contributed by atoms with van der Waals surface area (Å²) in [7, 11) is 3.13. The van der Waals surface area contributed by atoms with Crippen molar-refractivity contribution in [3.8, 4) is 11.5 Å². The van der Waals surface area contributed by atoms with Gasteiger partial charge < -0.3 is 29.9 Å². The molecule has 2 rings (SSSR count). The SMILES string of the molecule is CCN(CC)CCCC(C)NC(=O)NC1CC(=O)N(c2ccc(OC)c(OC)c2)C1. The molecule has 30 heavy (non-hydrogen) atoms. The van der Waals surface area contributed by atoms with Crippen molar-refractivity contribution in [2.45, 2.75) is 52.1 Å². The molecule has 2 unspecified atom stereocenters. The molecule has 2 atom stereocenters. The number of hydrogen-bond donors (Lipinski definition) is 2. The summed E-state index contributed by atoms with van der Waals surface area (Å²) < 4.78 is 10.6. The average Bonchev–Trinajstić information content (AvgIpc) is 3.10. The Balaban J connectivity index is 1.83. The molecule has 0 radical (unpaired) electrons. The third-order valence-corrected chi connectivity index (χ3v) is 5.52. The first-order valence-electron chi connectivity index (χ1n) is 10.7. The number of methoxy groups -OCH3 is 2. The zero-order valence-corrected chi connectivity index (χ0v) is 18.9. The molecule has 1 saturated heterocycles. The normalized spacial score (nSPS) is 17.2. The number of carbonyl (C=O) groups is 2. The van der Waals surface area contributed by atoms with Crippen LogP contribution in [0.15, 0.2) is 18.2 Å². The number of nitrogens with one attached hydrogen (secondary N) is 2. The molecule has 0 saturated carbocycles. The molecular formula is C22H36N4O4. The van der Waals surface area contributed by atoms with E-state index >= 15 is 0 Å². The van der Waals surface area contributed by atoms with E-state index in [1.54, 1.807) is 31.3 Å². The molecule has 8 heteroatoms. The van der Waals surface area contributed by atoms with Gasteiger partial charge in [0.15, 0.2) is 11.5 Å². The maximum Gasteiger partial charge on any atom is 0.315 e. The second kappa shape index (κ2) is 11.6. The summed E-state index contributed by atoms with van der Waals surface area (Å²) in [5.41, 5.74) is 0.729. The molecule has 1 fully saturated rings. The summed E-state index contributed by atoms with van der Waals surface area (Å²) >= 11 is 0. The van der Waals surface area contributed by atoms with Crippen molar-refractivity contribution in [2.75, 3.05) is 45.3 Å². The maximum atomic E-state index is 12.5. The van der Waals surface area contributed by atoms with Gasteiger partial charge in [-0.3, -0.25) is 4.79 Å². The Kier molecular flexibility index (Phi) is 9.23. The van der Waals surface area contributed by atoms with Crippen LogP contribution in [0.5, 0.6) is 11.5 Å². The second-order valence-corrected chi connectivity index (χ2v) is 7.63. The Hall–Kier alpha value is -2.48. The first-order valence-corrected chi connectivity index (χ1v) is 10.7. The van der Waals surface area contributed by atoms with Crippen molar-refractivity contribution >= 4 is 17.6 Å². The van der Waals surface area contributed by atoms with Gasteiger partial charge in [-0.05, 0) is 51.5 Å². The number of benzene rings is 1. The third kappa shape index (κ3) is 6.52. The molecule has 1 heterocycles. The van der Waals surface area contributed by atoms with E-state index < -0.39 is 0 Å². The summed E-state index contributed by atoms with van der Waals surface area (Å²) in [6, 6.07) is 5.00. The Labute approximate surface area is 179 Å². The van der Waals surface area contributed by atoms with E-state index in [0.29, 0.717) is 18.0 Å². The number of ether oxygens (including phenoxy) is 2. The van der Waals surface area contributed by atoms with Crippen molar-refractivity contribution in [1.82, 2.24) is 15.5 Å². The monoisotopic (exact) mass is 420 g/mol. The minimum absolute atomic E-state index is 0.0280. The molecule has 1 aliphatic heterocycles. The van der Waals surface area contributed by atoms with Crippen LogP contribution >= 0.6 is 0 Å². The molecule has 3 amide bonds. The summed E-state index contributed by atoms with van der Waals surface area (Å²) in [6.45, 7) is 9.89. The Bertz CT molecular complexity index is 708. The molecule has 1 aromatic rings. The number of urea groups is 1. The van der Waals surface area contributed by atoms with Crippen molar-refractivity contribution in [3.05, 3.63) is 18.2 Å². The van der Waals surface area contributed by atoms with Gasteiger partial charge in [0.1, 0.15) is 0 Å². The van der Waals surface area contributed by atoms with Gasteiger partial charge in [-0.15, -0.1) is 0 Å². The fourth-order valence-electron chi connectivity index (χ4n) is 3.73. The lowest BCUT2D eigenvalue weighted by atomic mass is 10.2. The lowest BCUT2D eigenvalue weighted by Gasteiger charge is -2.21. The van der Waals surface area contributed by atoms with E-state index in [-0.39, 0.29) is 30.4 Å². The van der Waals surface area contributed by atoms with Crippen LogP contribution in [0.25, 0.3) is 0 Å². The number of carbonyl (C=O) groups excluding carboxylic acids is 2. The van der Waals surface area contributed by atoms with E-state index in [0.717, 1.165) is 38.2 Å². The van der Waals surface area contributed by atoms with E-state index in [1.165, 1.54) is 0 Å². The average molecular weight is 421 g/mol. The molecule has 8 nitrogen and oxygen atoms in total. The van der Waals surface area contributed by atoms with Crippen molar-refractivity contribution in [1.29, 1.82) is 0 Å². The van der Waals surface area contributed by atoms with Crippen molar-refractivity contribution < 1.29 is 19.1 Å². The van der Waals surface area contributed by atoms with Crippen LogP contribution in [0.3, 0.4) is 0 Å². The molecule has 0 bridgehead atoms. The first-order chi connectivity index (χ1) is 14.4. The number of amides is 3. The van der Waals surface area contributed by atoms with Crippen LogP contribution < -0.4 is 25.0 Å². The minimum atomic E-state index is -0.228. The molecule has 2 N–H and O–H groups in total. The van der Waals surface area contributed by atoms with E-state index in [4.69, 9.17) is 9.47 Å². The molecule has 1 aromatic carbocycles. The lowest BCUT2D eigenvalue weighted by molar-refractivity contribution is -0.117. The summed E-state index contributed by atoms with van der Waals surface area (Å²) in [5, 5.41) is 5.92. The number of rotatable bonds is 11. The van der Waals surface area contributed by atoms with E-state index in [9.17, 15) is 9.59 Å². The fourth-order valence-corrected chi connectivity index (χ4v) is 3.73. The highest BCUT2D eigenvalue weighted by Gasteiger charge is 2.32. The standard InChI is InChI=1S/C22H36N4O4/c1-6-25(7-2)12-8-9-16(3)23-22(28)24-17-13-21(27)26(15-17)18-10-11-19(29-4)20(14-18)30-5/h10-11,14,16-17H,6-9,12-13,15H2,1-5H3,(H2,23,24,28). The molecule has 0 aromatic heterocycles. The molecule has 168 valence electrons. The molecule has 0 aliphatic carbocycles. The van der Waals surface area contributed by atoms with Crippen molar-refractivity contribution in [3.63, 3.8) is 0 Å². The van der Waals surface area contributed by atoms with Crippen LogP contribution in [0, 0.1) is 0 Å². The maximum absolute atomic E-state index is 12.5. The van der Waals surface area contributed by atoms with Gasteiger partial charge in [0.05, 0.1) is 20.3 Å². The van der Waals surface area contributed by atoms with Crippen LogP contribution in [0.2, 0.25) is 0 Å². The quantitative estimate of drug-likeness (QED) is 0.575. The summed E-state index contributed by atoms with van der Waals surface area (Å²) in [6.07, 6.45) is 2.24. The highest BCUT2D eigenvalue weighted by Crippen LogP contribution is 2.33. The lowest BCUT2D eigenvalue weighted by Crippen LogP contribution is -2.46. The van der Waals surface area contributed by atoms with Gasteiger partial charge in [0.2, 0.25) is 5.91 Å². The fraction of sp³-hybridized carbons (Fsp3) is 0.636. The summed E-state index contributed by atoms with van der Waals surface area (Å²) in [4.78, 5) is 28.9. The zero-order chi connectivity index (χ0) is 22.1. The van der Waals surface area contributed by atoms with Gasteiger partial charge in [-0.1, -0.05) is 13.8 Å². The predicted octanol–water partition coefficient (Wildman–Crippen LogP) is 2.62. The smallest absolute Gasteiger partial charge is 0.315 e. The molecular weight excluding hydrogens is 384 g/mol. The van der Waals surface area contributed by atoms with E-state index in [1.807, 2.05) is 13.0 Å². The van der Waals surface area contributed by atoms with Crippen LogP contribution in [0.1, 0.15) is 40.0 Å². The van der Waals surface area contributed by atoms with Gasteiger partial charge in [0.25, 0.3) is 0 Å². The number of hydrogen-bond acceptors (Lipinski definition) is 5. The largest absolute Gasteiger partial charge is 0.493 e. The van der Waals surface area contributed by atoms with Crippen LogP contribution in [-0.2, 0) is 4.79 Å². The first kappa shape index (κ1) is 23.8. The summed E-state index contributed by atoms with van der Waals surface area (Å²) in [5.74, 6) is 1.15. The highest BCUT2D eigenvalue weighted by molar-refractivity contribution is 5.97. The molecule has 1 aliphatic rings. The van der Waals surface area contributed by atoms with E-state index in [2.05, 4.69) is 29.4 Å². The minimum Gasteiger partial charge on any atom is -0.493 e. The predicted molar refractivity (Wildman–Crippen MR) is 118 cm³/mol. The zero-order valence-electron chi connectivity index (χ0n) is 18.9. The van der Waals surface area contributed by atoms with Crippen LogP contribution in [0.4, 0.5) is 10.5 Å². The van der Waals surface area contributed by atoms with Gasteiger partial charge in [0, 0.05) is 30.8 Å². The number of nitrogens with zero attached hydrogens (tertiary/aromatic N) is 2. The Morgan fingerprint density at radius 1 is 1.23 bits per heavy atom. The Morgan fingerprint density at radius 2 is 1.93 bits per heavy atom.